The third-order valence-electron chi connectivity index (χ3n) is 2.84. The maximum atomic E-state index is 9.96. The highest BCUT2D eigenvalue weighted by Crippen LogP contribution is 2.39. The molecule has 5 unspecified atom stereocenters. The maximum absolute atomic E-state index is 9.96. The van der Waals surface area contributed by atoms with Gasteiger partial charge in [0.1, 0.15) is 31.0 Å². The van der Waals surface area contributed by atoms with Crippen LogP contribution in [-0.2, 0) is 24.0 Å². The molecule has 0 aromatic carbocycles. The summed E-state index contributed by atoms with van der Waals surface area (Å²) in [4.78, 5) is 9.39. The molecule has 3 aliphatic heterocycles. The van der Waals surface area contributed by atoms with E-state index < -0.39 is 30.4 Å². The standard InChI is InChI=1S/C9H14O6/c1-9(2)13-7-5(10)6(4-3-11-15-4)12-8(7)14-9/h4-8,10H,3H2,1-2H3. The molecule has 15 heavy (non-hydrogen) atoms. The van der Waals surface area contributed by atoms with Gasteiger partial charge in [-0.1, -0.05) is 0 Å². The van der Waals surface area contributed by atoms with Gasteiger partial charge in [0, 0.05) is 0 Å². The third-order valence-corrected chi connectivity index (χ3v) is 2.84. The zero-order valence-electron chi connectivity index (χ0n) is 8.58. The van der Waals surface area contributed by atoms with Crippen molar-refractivity contribution in [3.8, 4) is 0 Å². The normalized spacial score (nSPS) is 52.6. The molecule has 0 amide bonds. The minimum atomic E-state index is -0.731. The quantitative estimate of drug-likeness (QED) is 0.601. The Bertz CT molecular complexity index is 263. The predicted octanol–water partition coefficient (Wildman–Crippen LogP) is -0.446. The fourth-order valence-electron chi connectivity index (χ4n) is 2.12. The number of fused-ring (bicyclic) bond motifs is 1. The first-order valence-corrected chi connectivity index (χ1v) is 5.04. The van der Waals surface area contributed by atoms with Crippen LogP contribution in [0.4, 0.5) is 0 Å². The van der Waals surface area contributed by atoms with Crippen LogP contribution in [0.3, 0.4) is 0 Å². The summed E-state index contributed by atoms with van der Waals surface area (Å²) < 4.78 is 16.6. The Kier molecular flexibility index (Phi) is 2.08. The largest absolute Gasteiger partial charge is 0.387 e. The molecule has 6 heteroatoms. The summed E-state index contributed by atoms with van der Waals surface area (Å²) in [5.74, 6) is -0.696. The van der Waals surface area contributed by atoms with Gasteiger partial charge in [-0.2, -0.15) is 0 Å². The van der Waals surface area contributed by atoms with Gasteiger partial charge >= 0.3 is 0 Å². The van der Waals surface area contributed by atoms with Gasteiger partial charge in [-0.3, -0.25) is 0 Å². The van der Waals surface area contributed by atoms with Crippen LogP contribution in [0.1, 0.15) is 13.8 Å². The molecule has 5 atom stereocenters. The molecule has 3 rings (SSSR count). The average molecular weight is 218 g/mol. The highest BCUT2D eigenvalue weighted by molar-refractivity contribution is 4.96. The lowest BCUT2D eigenvalue weighted by Gasteiger charge is -2.32. The van der Waals surface area contributed by atoms with E-state index >= 15 is 0 Å². The van der Waals surface area contributed by atoms with Gasteiger partial charge in [0.15, 0.2) is 12.1 Å². The predicted molar refractivity (Wildman–Crippen MR) is 45.5 cm³/mol. The number of hydrogen-bond acceptors (Lipinski definition) is 6. The Morgan fingerprint density at radius 1 is 1.20 bits per heavy atom. The zero-order valence-corrected chi connectivity index (χ0v) is 8.58. The molecular formula is C9H14O6. The lowest BCUT2D eigenvalue weighted by molar-refractivity contribution is -0.444. The highest BCUT2D eigenvalue weighted by Gasteiger charge is 2.57. The second-order valence-corrected chi connectivity index (χ2v) is 4.48. The molecule has 3 fully saturated rings. The van der Waals surface area contributed by atoms with E-state index in [1.165, 1.54) is 0 Å². The first-order chi connectivity index (χ1) is 7.07. The van der Waals surface area contributed by atoms with E-state index in [4.69, 9.17) is 19.1 Å². The van der Waals surface area contributed by atoms with Gasteiger partial charge in [0.25, 0.3) is 0 Å². The Labute approximate surface area is 86.9 Å². The van der Waals surface area contributed by atoms with E-state index in [1.807, 2.05) is 0 Å². The SMILES string of the molecule is CC1(C)OC2OC(C3COO3)C(O)C2O1. The van der Waals surface area contributed by atoms with Crippen LogP contribution < -0.4 is 0 Å². The van der Waals surface area contributed by atoms with E-state index in [9.17, 15) is 5.11 Å². The highest BCUT2D eigenvalue weighted by atomic mass is 17.2. The Morgan fingerprint density at radius 2 is 1.93 bits per heavy atom. The van der Waals surface area contributed by atoms with Crippen molar-refractivity contribution in [1.82, 2.24) is 0 Å². The van der Waals surface area contributed by atoms with Gasteiger partial charge in [-0.25, -0.2) is 9.78 Å². The molecule has 0 aromatic rings. The summed E-state index contributed by atoms with van der Waals surface area (Å²) in [5.41, 5.74) is 0. The Hall–Kier alpha value is -0.240. The summed E-state index contributed by atoms with van der Waals surface area (Å²) in [7, 11) is 0. The van der Waals surface area contributed by atoms with Gasteiger partial charge in [-0.15, -0.1) is 0 Å². The Morgan fingerprint density at radius 3 is 2.47 bits per heavy atom. The summed E-state index contributed by atoms with van der Waals surface area (Å²) in [6.45, 7) is 4.02. The summed E-state index contributed by atoms with van der Waals surface area (Å²) in [5, 5.41) is 9.96. The molecule has 0 saturated carbocycles. The molecule has 0 spiro atoms. The van der Waals surface area contributed by atoms with E-state index in [2.05, 4.69) is 4.89 Å². The molecule has 0 bridgehead atoms. The summed E-state index contributed by atoms with van der Waals surface area (Å²) in [6, 6.07) is 0. The average Bonchev–Trinajstić information content (AvgIpc) is 2.46. The van der Waals surface area contributed by atoms with Gasteiger partial charge in [-0.05, 0) is 13.8 Å². The van der Waals surface area contributed by atoms with Crippen LogP contribution in [0.2, 0.25) is 0 Å². The minimum Gasteiger partial charge on any atom is -0.387 e. The molecule has 86 valence electrons. The fraction of sp³-hybridized carbons (Fsp3) is 1.00. The topological polar surface area (TPSA) is 66.4 Å². The number of aliphatic hydroxyl groups excluding tert-OH is 1. The molecule has 0 aromatic heterocycles. The van der Waals surface area contributed by atoms with Crippen LogP contribution in [0.5, 0.6) is 0 Å². The maximum Gasteiger partial charge on any atom is 0.190 e. The molecule has 0 radical (unpaired) electrons. The first-order valence-electron chi connectivity index (χ1n) is 5.04. The molecule has 3 aliphatic rings. The van der Waals surface area contributed by atoms with E-state index in [0.717, 1.165) is 0 Å². The second-order valence-electron chi connectivity index (χ2n) is 4.48. The zero-order chi connectivity index (χ0) is 10.6. The van der Waals surface area contributed by atoms with Crippen molar-refractivity contribution in [1.29, 1.82) is 0 Å². The molecule has 3 saturated heterocycles. The minimum absolute atomic E-state index is 0.221. The summed E-state index contributed by atoms with van der Waals surface area (Å²) >= 11 is 0. The number of rotatable bonds is 1. The molecule has 0 aliphatic carbocycles. The molecule has 1 N–H and O–H groups in total. The van der Waals surface area contributed by atoms with Crippen molar-refractivity contribution in [3.63, 3.8) is 0 Å². The summed E-state index contributed by atoms with van der Waals surface area (Å²) in [6.07, 6.45) is -2.32. The molecule has 3 heterocycles. The van der Waals surface area contributed by atoms with Crippen molar-refractivity contribution in [2.75, 3.05) is 6.61 Å². The molecule has 6 nitrogen and oxygen atoms in total. The van der Waals surface area contributed by atoms with Crippen LogP contribution in [0.25, 0.3) is 0 Å². The van der Waals surface area contributed by atoms with Gasteiger partial charge < -0.3 is 19.3 Å². The van der Waals surface area contributed by atoms with Crippen LogP contribution in [0.15, 0.2) is 0 Å². The van der Waals surface area contributed by atoms with Crippen LogP contribution in [-0.4, -0.2) is 48.2 Å². The smallest absolute Gasteiger partial charge is 0.190 e. The van der Waals surface area contributed by atoms with Crippen molar-refractivity contribution in [3.05, 3.63) is 0 Å². The van der Waals surface area contributed by atoms with Crippen molar-refractivity contribution in [2.45, 2.75) is 50.3 Å². The van der Waals surface area contributed by atoms with E-state index in [1.54, 1.807) is 13.8 Å². The number of ether oxygens (including phenoxy) is 3. The first kappa shape index (κ1) is 9.95. The number of aliphatic hydroxyl groups is 1. The van der Waals surface area contributed by atoms with Crippen LogP contribution >= 0.6 is 0 Å². The second kappa shape index (κ2) is 3.13. The van der Waals surface area contributed by atoms with Gasteiger partial charge in [0.2, 0.25) is 0 Å². The van der Waals surface area contributed by atoms with Crippen molar-refractivity contribution in [2.24, 2.45) is 0 Å². The molecular weight excluding hydrogens is 204 g/mol. The number of hydrogen-bond donors (Lipinski definition) is 1. The lowest BCUT2D eigenvalue weighted by atomic mass is 10.1. The van der Waals surface area contributed by atoms with Crippen molar-refractivity contribution >= 4 is 0 Å². The Balaban J connectivity index is 1.70. The third kappa shape index (κ3) is 1.49. The van der Waals surface area contributed by atoms with Crippen LogP contribution in [0, 0.1) is 0 Å². The fourth-order valence-corrected chi connectivity index (χ4v) is 2.12. The van der Waals surface area contributed by atoms with Crippen molar-refractivity contribution < 1.29 is 29.1 Å². The lowest BCUT2D eigenvalue weighted by Crippen LogP contribution is -2.48. The van der Waals surface area contributed by atoms with Gasteiger partial charge in [0.05, 0.1) is 0 Å². The van der Waals surface area contributed by atoms with E-state index in [-0.39, 0.29) is 6.10 Å². The monoisotopic (exact) mass is 218 g/mol. The van der Waals surface area contributed by atoms with E-state index in [0.29, 0.717) is 6.61 Å².